The fourth-order valence-corrected chi connectivity index (χ4v) is 2.29. The largest absolute Gasteiger partial charge is 0.497 e. The van der Waals surface area contributed by atoms with Crippen LogP contribution in [0.4, 0.5) is 14.7 Å². The summed E-state index contributed by atoms with van der Waals surface area (Å²) in [6, 6.07) is 3.75. The molecule has 5 nitrogen and oxygen atoms in total. The molecule has 0 aliphatic heterocycles. The Labute approximate surface area is 131 Å². The normalized spacial score (nSPS) is 13.7. The Morgan fingerprint density at radius 1 is 1.22 bits per heavy atom. The van der Waals surface area contributed by atoms with E-state index in [0.29, 0.717) is 11.6 Å². The molecule has 0 atom stereocenters. The van der Waals surface area contributed by atoms with Gasteiger partial charge in [-0.3, -0.25) is 10.1 Å². The van der Waals surface area contributed by atoms with Crippen LogP contribution in [-0.2, 0) is 0 Å². The molecule has 120 valence electrons. The third-order valence-electron chi connectivity index (χ3n) is 3.57. The highest BCUT2D eigenvalue weighted by Gasteiger charge is 2.26. The number of hydrogen-bond acceptors (Lipinski definition) is 4. The fraction of sp³-hybridized carbons (Fsp3) is 0.312. The summed E-state index contributed by atoms with van der Waals surface area (Å²) in [7, 11) is 1.29. The Kier molecular flexibility index (Phi) is 3.94. The highest BCUT2D eigenvalue weighted by Crippen LogP contribution is 2.39. The van der Waals surface area contributed by atoms with Crippen LogP contribution in [0.5, 0.6) is 5.75 Å². The van der Waals surface area contributed by atoms with Crippen LogP contribution in [0.2, 0.25) is 0 Å². The summed E-state index contributed by atoms with van der Waals surface area (Å²) in [5.74, 6) is -2.52. The number of methoxy groups -OCH3 is 1. The summed E-state index contributed by atoms with van der Waals surface area (Å²) < 4.78 is 32.6. The van der Waals surface area contributed by atoms with Crippen molar-refractivity contribution in [3.05, 3.63) is 46.8 Å². The van der Waals surface area contributed by atoms with E-state index in [1.165, 1.54) is 7.11 Å². The van der Waals surface area contributed by atoms with Crippen molar-refractivity contribution < 1.29 is 18.3 Å². The smallest absolute Gasteiger partial charge is 0.263 e. The van der Waals surface area contributed by atoms with Gasteiger partial charge in [-0.1, -0.05) is 0 Å². The van der Waals surface area contributed by atoms with Gasteiger partial charge in [0.2, 0.25) is 5.95 Å². The minimum Gasteiger partial charge on any atom is -0.497 e. The standard InChI is InChI=1S/C16H15F2N3O2/c1-8-5-13(9-3-4-9)20-16(19-8)21-15(22)14-11(17)6-10(23-2)7-12(14)18/h5-7,9H,3-4H2,1-2H3,(H,19,20,21,22). The Balaban J connectivity index is 1.87. The summed E-state index contributed by atoms with van der Waals surface area (Å²) >= 11 is 0. The van der Waals surface area contributed by atoms with Crippen LogP contribution in [0.1, 0.15) is 40.5 Å². The van der Waals surface area contributed by atoms with Gasteiger partial charge < -0.3 is 4.74 Å². The molecule has 0 spiro atoms. The number of nitrogens with one attached hydrogen (secondary N) is 1. The van der Waals surface area contributed by atoms with Gasteiger partial charge in [-0.2, -0.15) is 0 Å². The van der Waals surface area contributed by atoms with Crippen LogP contribution in [0, 0.1) is 18.6 Å². The number of aryl methyl sites for hydroxylation is 1. The predicted octanol–water partition coefficient (Wildman–Crippen LogP) is 3.20. The van der Waals surface area contributed by atoms with Crippen molar-refractivity contribution in [2.24, 2.45) is 0 Å². The van der Waals surface area contributed by atoms with Crippen molar-refractivity contribution in [3.8, 4) is 5.75 Å². The number of anilines is 1. The molecule has 1 fully saturated rings. The number of hydrogen-bond donors (Lipinski definition) is 1. The molecule has 1 aromatic carbocycles. The number of carbonyl (C=O) groups excluding carboxylic acids is 1. The molecule has 3 rings (SSSR count). The zero-order chi connectivity index (χ0) is 16.6. The van der Waals surface area contributed by atoms with E-state index in [9.17, 15) is 13.6 Å². The number of amides is 1. The lowest BCUT2D eigenvalue weighted by Crippen LogP contribution is -2.18. The van der Waals surface area contributed by atoms with Gasteiger partial charge in [0.1, 0.15) is 22.9 Å². The topological polar surface area (TPSA) is 64.1 Å². The second-order valence-corrected chi connectivity index (χ2v) is 5.45. The maximum atomic E-state index is 13.9. The molecule has 1 aromatic heterocycles. The fourth-order valence-electron chi connectivity index (χ4n) is 2.29. The van der Waals surface area contributed by atoms with Crippen molar-refractivity contribution in [2.75, 3.05) is 12.4 Å². The Hall–Kier alpha value is -2.57. The number of rotatable bonds is 4. The number of carbonyl (C=O) groups is 1. The molecule has 0 unspecified atom stereocenters. The summed E-state index contributed by atoms with van der Waals surface area (Å²) in [5.41, 5.74) is 0.834. The van der Waals surface area contributed by atoms with E-state index in [2.05, 4.69) is 15.3 Å². The van der Waals surface area contributed by atoms with Crippen molar-refractivity contribution in [2.45, 2.75) is 25.7 Å². The van der Waals surface area contributed by atoms with Crippen LogP contribution >= 0.6 is 0 Å². The van der Waals surface area contributed by atoms with Gasteiger partial charge in [0.05, 0.1) is 7.11 Å². The first-order valence-corrected chi connectivity index (χ1v) is 7.18. The van der Waals surface area contributed by atoms with E-state index in [-0.39, 0.29) is 11.7 Å². The SMILES string of the molecule is COc1cc(F)c(C(=O)Nc2nc(C)cc(C3CC3)n2)c(F)c1. The molecule has 23 heavy (non-hydrogen) atoms. The average molecular weight is 319 g/mol. The molecule has 0 bridgehead atoms. The number of nitrogens with zero attached hydrogens (tertiary/aromatic N) is 2. The summed E-state index contributed by atoms with van der Waals surface area (Å²) in [6.45, 7) is 1.78. The average Bonchev–Trinajstić information content (AvgIpc) is 3.30. The molecule has 0 saturated heterocycles. The lowest BCUT2D eigenvalue weighted by Gasteiger charge is -2.09. The van der Waals surface area contributed by atoms with Crippen molar-refractivity contribution in [3.63, 3.8) is 0 Å². The second-order valence-electron chi connectivity index (χ2n) is 5.45. The van der Waals surface area contributed by atoms with Crippen molar-refractivity contribution in [1.82, 2.24) is 9.97 Å². The van der Waals surface area contributed by atoms with Gasteiger partial charge in [-0.15, -0.1) is 0 Å². The maximum Gasteiger partial charge on any atom is 0.263 e. The molecule has 0 radical (unpaired) electrons. The first-order chi connectivity index (χ1) is 11.0. The lowest BCUT2D eigenvalue weighted by atomic mass is 10.1. The highest BCUT2D eigenvalue weighted by molar-refractivity contribution is 6.03. The number of ether oxygens (including phenoxy) is 1. The minimum atomic E-state index is -1.01. The summed E-state index contributed by atoms with van der Waals surface area (Å²) in [5, 5.41) is 2.36. The molecule has 1 aliphatic carbocycles. The lowest BCUT2D eigenvalue weighted by molar-refractivity contribution is 0.101. The van der Waals surface area contributed by atoms with E-state index < -0.39 is 23.1 Å². The molecule has 1 N–H and O–H groups in total. The Morgan fingerprint density at radius 2 is 1.87 bits per heavy atom. The monoisotopic (exact) mass is 319 g/mol. The molecule has 1 saturated carbocycles. The molecule has 7 heteroatoms. The first-order valence-electron chi connectivity index (χ1n) is 7.18. The zero-order valence-electron chi connectivity index (χ0n) is 12.7. The van der Waals surface area contributed by atoms with Gasteiger partial charge in [0.15, 0.2) is 0 Å². The number of aromatic nitrogens is 2. The first kappa shape index (κ1) is 15.3. The molecule has 2 aromatic rings. The van der Waals surface area contributed by atoms with Crippen LogP contribution in [-0.4, -0.2) is 23.0 Å². The van der Waals surface area contributed by atoms with Gasteiger partial charge in [0.25, 0.3) is 5.91 Å². The zero-order valence-corrected chi connectivity index (χ0v) is 12.7. The van der Waals surface area contributed by atoms with Crippen LogP contribution in [0.3, 0.4) is 0 Å². The molecular formula is C16H15F2N3O2. The van der Waals surface area contributed by atoms with Gasteiger partial charge in [0, 0.05) is 29.4 Å². The highest BCUT2D eigenvalue weighted by atomic mass is 19.1. The van der Waals surface area contributed by atoms with Gasteiger partial charge >= 0.3 is 0 Å². The quantitative estimate of drug-likeness (QED) is 0.940. The van der Waals surface area contributed by atoms with Crippen molar-refractivity contribution in [1.29, 1.82) is 0 Å². The number of benzene rings is 1. The van der Waals surface area contributed by atoms with Crippen LogP contribution in [0.15, 0.2) is 18.2 Å². The second kappa shape index (κ2) is 5.91. The Morgan fingerprint density at radius 3 is 2.43 bits per heavy atom. The maximum absolute atomic E-state index is 13.9. The van der Waals surface area contributed by atoms with E-state index >= 15 is 0 Å². The van der Waals surface area contributed by atoms with E-state index in [4.69, 9.17) is 4.74 Å². The summed E-state index contributed by atoms with van der Waals surface area (Å²) in [4.78, 5) is 20.5. The van der Waals surface area contributed by atoms with Gasteiger partial charge in [-0.05, 0) is 25.8 Å². The van der Waals surface area contributed by atoms with E-state index in [0.717, 1.165) is 30.7 Å². The van der Waals surface area contributed by atoms with Crippen LogP contribution < -0.4 is 10.1 Å². The third-order valence-corrected chi connectivity index (χ3v) is 3.57. The molecular weight excluding hydrogens is 304 g/mol. The number of halogens is 2. The summed E-state index contributed by atoms with van der Waals surface area (Å²) in [6.07, 6.45) is 2.09. The van der Waals surface area contributed by atoms with E-state index in [1.807, 2.05) is 6.07 Å². The Bertz CT molecular complexity index is 753. The minimum absolute atomic E-state index is 0.000579. The van der Waals surface area contributed by atoms with Gasteiger partial charge in [-0.25, -0.2) is 18.7 Å². The molecule has 1 heterocycles. The third kappa shape index (κ3) is 3.28. The molecule has 1 amide bonds. The van der Waals surface area contributed by atoms with Crippen molar-refractivity contribution >= 4 is 11.9 Å². The van der Waals surface area contributed by atoms with Crippen LogP contribution in [0.25, 0.3) is 0 Å². The molecule has 1 aliphatic rings. The predicted molar refractivity (Wildman–Crippen MR) is 79.6 cm³/mol. The van der Waals surface area contributed by atoms with E-state index in [1.54, 1.807) is 6.92 Å².